The van der Waals surface area contributed by atoms with Gasteiger partial charge in [0, 0.05) is 0 Å². The summed E-state index contributed by atoms with van der Waals surface area (Å²) < 4.78 is 0. The minimum absolute atomic E-state index is 0.298. The molecule has 3 heteroatoms. The first-order valence-electron chi connectivity index (χ1n) is 5.10. The van der Waals surface area contributed by atoms with Gasteiger partial charge in [-0.15, -0.1) is 0 Å². The zero-order valence-electron chi connectivity index (χ0n) is 8.66. The number of aliphatic hydroxyl groups is 1. The average molecular weight is 206 g/mol. The Bertz CT molecular complexity index is 407. The molecule has 0 bridgehead atoms. The van der Waals surface area contributed by atoms with Gasteiger partial charge in [-0.25, -0.2) is 4.79 Å². The van der Waals surface area contributed by atoms with Crippen molar-refractivity contribution in [2.24, 2.45) is 0 Å². The number of aryl methyl sites for hydroxylation is 1. The predicted octanol–water partition coefficient (Wildman–Crippen LogP) is 1.93. The molecule has 80 valence electrons. The molecule has 0 amide bonds. The van der Waals surface area contributed by atoms with Crippen molar-refractivity contribution in [2.75, 3.05) is 0 Å². The highest BCUT2D eigenvalue weighted by atomic mass is 16.4. The van der Waals surface area contributed by atoms with E-state index in [1.807, 2.05) is 0 Å². The lowest BCUT2D eigenvalue weighted by atomic mass is 9.80. The van der Waals surface area contributed by atoms with Crippen LogP contribution < -0.4 is 0 Å². The first kappa shape index (κ1) is 10.2. The van der Waals surface area contributed by atoms with Crippen LogP contribution in [0.3, 0.4) is 0 Å². The monoisotopic (exact) mass is 206 g/mol. The van der Waals surface area contributed by atoms with Crippen LogP contribution >= 0.6 is 0 Å². The van der Waals surface area contributed by atoms with Gasteiger partial charge in [0.05, 0.1) is 11.2 Å². The smallest absolute Gasteiger partial charge is 0.335 e. The number of carboxylic acid groups (broad SMARTS) is 1. The molecule has 3 nitrogen and oxygen atoms in total. The van der Waals surface area contributed by atoms with Crippen molar-refractivity contribution < 1.29 is 15.0 Å². The van der Waals surface area contributed by atoms with Crippen LogP contribution in [0.15, 0.2) is 18.2 Å². The highest BCUT2D eigenvalue weighted by Crippen LogP contribution is 2.35. The molecule has 0 heterocycles. The molecule has 2 rings (SSSR count). The van der Waals surface area contributed by atoms with Crippen LogP contribution in [0.2, 0.25) is 0 Å². The summed E-state index contributed by atoms with van der Waals surface area (Å²) >= 11 is 0. The van der Waals surface area contributed by atoms with Gasteiger partial charge in [-0.3, -0.25) is 0 Å². The number of carboxylic acids is 1. The lowest BCUT2D eigenvalue weighted by Crippen LogP contribution is -2.27. The molecule has 0 saturated heterocycles. The van der Waals surface area contributed by atoms with Gasteiger partial charge in [0.1, 0.15) is 0 Å². The fourth-order valence-corrected chi connectivity index (χ4v) is 2.22. The fourth-order valence-electron chi connectivity index (χ4n) is 2.22. The van der Waals surface area contributed by atoms with Crippen molar-refractivity contribution in [1.29, 1.82) is 0 Å². The quantitative estimate of drug-likeness (QED) is 0.738. The molecule has 1 aliphatic rings. The van der Waals surface area contributed by atoms with Gasteiger partial charge >= 0.3 is 5.97 Å². The maximum atomic E-state index is 10.8. The Kier molecular flexibility index (Phi) is 2.27. The van der Waals surface area contributed by atoms with Gasteiger partial charge in [0.2, 0.25) is 0 Å². The van der Waals surface area contributed by atoms with Crippen molar-refractivity contribution in [3.8, 4) is 0 Å². The third-order valence-electron chi connectivity index (χ3n) is 3.04. The summed E-state index contributed by atoms with van der Waals surface area (Å²) in [5.74, 6) is -0.914. The second-order valence-electron chi connectivity index (χ2n) is 4.30. The lowest BCUT2D eigenvalue weighted by molar-refractivity contribution is 0.0385. The number of hydrogen-bond acceptors (Lipinski definition) is 2. The maximum Gasteiger partial charge on any atom is 0.335 e. The number of hydrogen-bond donors (Lipinski definition) is 2. The molecule has 1 aromatic carbocycles. The van der Waals surface area contributed by atoms with E-state index in [1.165, 1.54) is 0 Å². The van der Waals surface area contributed by atoms with Gasteiger partial charge in [-0.1, -0.05) is 6.07 Å². The number of benzene rings is 1. The van der Waals surface area contributed by atoms with Crippen LogP contribution in [-0.4, -0.2) is 16.2 Å². The highest BCUT2D eigenvalue weighted by Gasteiger charge is 2.29. The van der Waals surface area contributed by atoms with Crippen LogP contribution in [0.5, 0.6) is 0 Å². The third-order valence-corrected chi connectivity index (χ3v) is 3.04. The Morgan fingerprint density at radius 3 is 2.87 bits per heavy atom. The molecule has 2 N–H and O–H groups in total. The topological polar surface area (TPSA) is 57.5 Å². The van der Waals surface area contributed by atoms with E-state index in [-0.39, 0.29) is 0 Å². The number of carbonyl (C=O) groups is 1. The van der Waals surface area contributed by atoms with Crippen LogP contribution in [-0.2, 0) is 12.0 Å². The molecule has 0 fully saturated rings. The SMILES string of the molecule is CC1(O)CCCc2cc(C(=O)O)ccc21. The van der Waals surface area contributed by atoms with Crippen LogP contribution in [0, 0.1) is 0 Å². The standard InChI is InChI=1S/C12H14O3/c1-12(15)6-2-3-8-7-9(11(13)14)4-5-10(8)12/h4-5,7,15H,2-3,6H2,1H3,(H,13,14). The van der Waals surface area contributed by atoms with E-state index in [2.05, 4.69) is 0 Å². The molecule has 1 aromatic rings. The maximum absolute atomic E-state index is 10.8. The fraction of sp³-hybridized carbons (Fsp3) is 0.417. The van der Waals surface area contributed by atoms with Crippen LogP contribution in [0.4, 0.5) is 0 Å². The summed E-state index contributed by atoms with van der Waals surface area (Å²) in [5.41, 5.74) is 1.33. The van der Waals surface area contributed by atoms with Crippen molar-refractivity contribution in [2.45, 2.75) is 31.8 Å². The van der Waals surface area contributed by atoms with Crippen LogP contribution in [0.1, 0.15) is 41.3 Å². The number of aromatic carboxylic acids is 1. The summed E-state index contributed by atoms with van der Waals surface area (Å²) in [6.45, 7) is 1.78. The van der Waals surface area contributed by atoms with Crippen molar-refractivity contribution in [1.82, 2.24) is 0 Å². The normalized spacial score (nSPS) is 24.7. The van der Waals surface area contributed by atoms with E-state index >= 15 is 0 Å². The molecular formula is C12H14O3. The summed E-state index contributed by atoms with van der Waals surface area (Å²) in [4.78, 5) is 10.8. The molecule has 0 spiro atoms. The first-order valence-corrected chi connectivity index (χ1v) is 5.10. The van der Waals surface area contributed by atoms with Crippen molar-refractivity contribution >= 4 is 5.97 Å². The first-order chi connectivity index (χ1) is 7.00. The largest absolute Gasteiger partial charge is 0.478 e. The zero-order valence-corrected chi connectivity index (χ0v) is 8.66. The average Bonchev–Trinajstić information content (AvgIpc) is 2.16. The minimum atomic E-state index is -0.914. The Hall–Kier alpha value is -1.35. The van der Waals surface area contributed by atoms with Crippen LogP contribution in [0.25, 0.3) is 0 Å². The molecule has 1 unspecified atom stereocenters. The summed E-state index contributed by atoms with van der Waals surface area (Å²) in [6, 6.07) is 4.96. The predicted molar refractivity (Wildman–Crippen MR) is 55.9 cm³/mol. The number of rotatable bonds is 1. The lowest BCUT2D eigenvalue weighted by Gasteiger charge is -2.31. The minimum Gasteiger partial charge on any atom is -0.478 e. The second kappa shape index (κ2) is 3.35. The Balaban J connectivity index is 2.50. The Morgan fingerprint density at radius 2 is 2.20 bits per heavy atom. The molecular weight excluding hydrogens is 192 g/mol. The third kappa shape index (κ3) is 1.75. The van der Waals surface area contributed by atoms with E-state index in [1.54, 1.807) is 25.1 Å². The summed E-state index contributed by atoms with van der Waals surface area (Å²) in [7, 11) is 0. The van der Waals surface area contributed by atoms with Gasteiger partial charge in [-0.05, 0) is 49.4 Å². The second-order valence-corrected chi connectivity index (χ2v) is 4.30. The molecule has 0 aliphatic heterocycles. The van der Waals surface area contributed by atoms with Gasteiger partial charge in [-0.2, -0.15) is 0 Å². The molecule has 0 aromatic heterocycles. The summed E-state index contributed by atoms with van der Waals surface area (Å²) in [6.07, 6.45) is 2.50. The van der Waals surface area contributed by atoms with Gasteiger partial charge in [0.25, 0.3) is 0 Å². The molecule has 1 atom stereocenters. The Labute approximate surface area is 88.4 Å². The van der Waals surface area contributed by atoms with E-state index in [4.69, 9.17) is 5.11 Å². The van der Waals surface area contributed by atoms with Crippen molar-refractivity contribution in [3.63, 3.8) is 0 Å². The van der Waals surface area contributed by atoms with Gasteiger partial charge in [0.15, 0.2) is 0 Å². The number of fused-ring (bicyclic) bond motifs is 1. The van der Waals surface area contributed by atoms with E-state index in [0.717, 1.165) is 30.4 Å². The highest BCUT2D eigenvalue weighted by molar-refractivity contribution is 5.88. The van der Waals surface area contributed by atoms with E-state index in [0.29, 0.717) is 5.56 Å². The molecule has 15 heavy (non-hydrogen) atoms. The summed E-state index contributed by atoms with van der Waals surface area (Å²) in [5, 5.41) is 19.0. The Morgan fingerprint density at radius 1 is 1.47 bits per heavy atom. The molecule has 0 radical (unpaired) electrons. The van der Waals surface area contributed by atoms with Gasteiger partial charge < -0.3 is 10.2 Å². The zero-order chi connectivity index (χ0) is 11.1. The molecule has 1 aliphatic carbocycles. The van der Waals surface area contributed by atoms with Crippen molar-refractivity contribution in [3.05, 3.63) is 34.9 Å². The molecule has 0 saturated carbocycles. The van der Waals surface area contributed by atoms with E-state index < -0.39 is 11.6 Å². The van der Waals surface area contributed by atoms with E-state index in [9.17, 15) is 9.90 Å².